The smallest absolute Gasteiger partial charge is 0.193 e. The molecule has 0 aromatic carbocycles. The Morgan fingerprint density at radius 2 is 2.04 bits per heavy atom. The van der Waals surface area contributed by atoms with Crippen LogP contribution < -0.4 is 5.32 Å². The van der Waals surface area contributed by atoms with Crippen LogP contribution in [0.25, 0.3) is 0 Å². The lowest BCUT2D eigenvalue weighted by Gasteiger charge is -2.39. The van der Waals surface area contributed by atoms with Gasteiger partial charge in [0.05, 0.1) is 12.4 Å². The molecule has 7 heteroatoms. The summed E-state index contributed by atoms with van der Waals surface area (Å²) in [7, 11) is 0. The molecule has 27 heavy (non-hydrogen) atoms. The number of aliphatic imine (C=N–C) groups is 1. The van der Waals surface area contributed by atoms with E-state index in [-0.39, 0.29) is 24.0 Å². The predicted molar refractivity (Wildman–Crippen MR) is 125 cm³/mol. The second-order valence-corrected chi connectivity index (χ2v) is 7.26. The summed E-state index contributed by atoms with van der Waals surface area (Å²) in [4.78, 5) is 14.1. The predicted octanol–water partition coefficient (Wildman–Crippen LogP) is 3.47. The van der Waals surface area contributed by atoms with Gasteiger partial charge in [-0.3, -0.25) is 4.99 Å². The van der Waals surface area contributed by atoms with E-state index in [1.165, 1.54) is 19.4 Å². The molecule has 1 aliphatic heterocycles. The van der Waals surface area contributed by atoms with Crippen LogP contribution in [0.2, 0.25) is 0 Å². The lowest BCUT2D eigenvalue weighted by molar-refractivity contribution is 0.189. The topological polar surface area (TPSA) is 48.7 Å². The molecule has 1 N–H and O–H groups in total. The first-order chi connectivity index (χ1) is 12.7. The summed E-state index contributed by atoms with van der Waals surface area (Å²) < 4.78 is 2.25. The molecular weight excluding hydrogens is 451 g/mol. The molecule has 156 valence electrons. The molecule has 2 atom stereocenters. The molecule has 1 aliphatic rings. The van der Waals surface area contributed by atoms with Gasteiger partial charge in [0.25, 0.3) is 0 Å². The lowest BCUT2D eigenvalue weighted by Crippen LogP contribution is -2.49. The summed E-state index contributed by atoms with van der Waals surface area (Å²) in [6.45, 7) is 16.3. The van der Waals surface area contributed by atoms with Gasteiger partial charge < -0.3 is 19.7 Å². The minimum atomic E-state index is 0. The van der Waals surface area contributed by atoms with Crippen LogP contribution in [0.3, 0.4) is 0 Å². The quantitative estimate of drug-likeness (QED) is 0.249. The molecule has 1 aromatic rings. The van der Waals surface area contributed by atoms with Gasteiger partial charge in [-0.1, -0.05) is 20.8 Å². The van der Waals surface area contributed by atoms with Crippen molar-refractivity contribution < 1.29 is 0 Å². The molecule has 0 saturated carbocycles. The molecule has 1 aromatic heterocycles. The van der Waals surface area contributed by atoms with E-state index in [0.29, 0.717) is 12.0 Å². The van der Waals surface area contributed by atoms with Crippen molar-refractivity contribution in [2.45, 2.75) is 53.0 Å². The zero-order chi connectivity index (χ0) is 18.8. The van der Waals surface area contributed by atoms with Crippen molar-refractivity contribution in [3.8, 4) is 0 Å². The van der Waals surface area contributed by atoms with E-state index in [4.69, 9.17) is 4.99 Å². The van der Waals surface area contributed by atoms with Gasteiger partial charge in [-0.15, -0.1) is 24.0 Å². The number of likely N-dealkylation sites (tertiary alicyclic amines) is 1. The van der Waals surface area contributed by atoms with Crippen LogP contribution in [0.15, 0.2) is 23.7 Å². The molecule has 2 unspecified atom stereocenters. The number of halogens is 1. The largest absolute Gasteiger partial charge is 0.357 e. The third kappa shape index (κ3) is 7.60. The highest BCUT2D eigenvalue weighted by Crippen LogP contribution is 2.27. The van der Waals surface area contributed by atoms with Gasteiger partial charge in [-0.05, 0) is 51.7 Å². The number of hydrogen-bond donors (Lipinski definition) is 1. The van der Waals surface area contributed by atoms with E-state index >= 15 is 0 Å². The van der Waals surface area contributed by atoms with Crippen molar-refractivity contribution in [2.24, 2.45) is 10.9 Å². The van der Waals surface area contributed by atoms with Crippen molar-refractivity contribution in [3.63, 3.8) is 0 Å². The first-order valence-electron chi connectivity index (χ1n) is 10.4. The summed E-state index contributed by atoms with van der Waals surface area (Å²) in [5, 5.41) is 3.50. The average molecular weight is 490 g/mol. The Morgan fingerprint density at radius 1 is 1.26 bits per heavy atom. The zero-order valence-corrected chi connectivity index (χ0v) is 19.9. The number of rotatable bonds is 9. The van der Waals surface area contributed by atoms with E-state index in [1.54, 1.807) is 0 Å². The first-order valence-corrected chi connectivity index (χ1v) is 10.4. The molecule has 0 bridgehead atoms. The summed E-state index contributed by atoms with van der Waals surface area (Å²) in [6.07, 6.45) is 9.47. The summed E-state index contributed by atoms with van der Waals surface area (Å²) in [6, 6.07) is 0.470. The van der Waals surface area contributed by atoms with E-state index in [9.17, 15) is 0 Å². The molecule has 0 amide bonds. The van der Waals surface area contributed by atoms with Gasteiger partial charge in [0, 0.05) is 38.6 Å². The van der Waals surface area contributed by atoms with Crippen LogP contribution in [0, 0.1) is 5.92 Å². The van der Waals surface area contributed by atoms with Gasteiger partial charge in [0.2, 0.25) is 0 Å². The minimum Gasteiger partial charge on any atom is -0.357 e. The van der Waals surface area contributed by atoms with Gasteiger partial charge in [0.1, 0.15) is 0 Å². The number of nitrogens with one attached hydrogen (secondary N) is 1. The van der Waals surface area contributed by atoms with Crippen LogP contribution in [0.4, 0.5) is 0 Å². The van der Waals surface area contributed by atoms with Crippen molar-refractivity contribution >= 4 is 29.9 Å². The van der Waals surface area contributed by atoms with Crippen LogP contribution in [-0.4, -0.2) is 71.1 Å². The monoisotopic (exact) mass is 490 g/mol. The van der Waals surface area contributed by atoms with Crippen LogP contribution in [0.5, 0.6) is 0 Å². The van der Waals surface area contributed by atoms with Gasteiger partial charge in [-0.2, -0.15) is 0 Å². The molecule has 2 rings (SSSR count). The van der Waals surface area contributed by atoms with E-state index in [0.717, 1.165) is 51.6 Å². The number of guanidine groups is 1. The van der Waals surface area contributed by atoms with Crippen LogP contribution in [-0.2, 0) is 0 Å². The maximum Gasteiger partial charge on any atom is 0.193 e. The Labute approximate surface area is 182 Å². The Bertz CT molecular complexity index is 515. The summed E-state index contributed by atoms with van der Waals surface area (Å²) in [5.41, 5.74) is 0. The Hall–Kier alpha value is -0.830. The van der Waals surface area contributed by atoms with Crippen molar-refractivity contribution in [1.29, 1.82) is 0 Å². The zero-order valence-electron chi connectivity index (χ0n) is 17.6. The van der Waals surface area contributed by atoms with Gasteiger partial charge in [-0.25, -0.2) is 4.98 Å². The van der Waals surface area contributed by atoms with Gasteiger partial charge in [0.15, 0.2) is 5.96 Å². The fraction of sp³-hybridized carbons (Fsp3) is 0.800. The normalized spacial score (nSPS) is 20.6. The number of imidazole rings is 1. The molecule has 2 heterocycles. The number of hydrogen-bond acceptors (Lipinski definition) is 3. The van der Waals surface area contributed by atoms with Crippen molar-refractivity contribution in [3.05, 3.63) is 18.7 Å². The molecular formula is C20H39IN6. The number of nitrogens with zero attached hydrogens (tertiary/aromatic N) is 5. The Morgan fingerprint density at radius 3 is 2.67 bits per heavy atom. The Balaban J connectivity index is 0.00000364. The fourth-order valence-electron chi connectivity index (χ4n) is 3.69. The third-order valence-electron chi connectivity index (χ3n) is 5.50. The molecule has 0 radical (unpaired) electrons. The SMILES string of the molecule is CCNC(=NCCCCN(CC)CC)N1CCC(C)C(n2ccnc2)C1.I. The molecule has 1 fully saturated rings. The summed E-state index contributed by atoms with van der Waals surface area (Å²) in [5.74, 6) is 1.74. The molecule has 0 spiro atoms. The first kappa shape index (κ1) is 24.2. The van der Waals surface area contributed by atoms with Crippen molar-refractivity contribution in [1.82, 2.24) is 24.7 Å². The molecule has 0 aliphatic carbocycles. The second kappa shape index (κ2) is 13.4. The maximum atomic E-state index is 4.91. The van der Waals surface area contributed by atoms with Gasteiger partial charge >= 0.3 is 0 Å². The second-order valence-electron chi connectivity index (χ2n) is 7.26. The highest BCUT2D eigenvalue weighted by Gasteiger charge is 2.28. The minimum absolute atomic E-state index is 0. The van der Waals surface area contributed by atoms with E-state index < -0.39 is 0 Å². The average Bonchev–Trinajstić information content (AvgIpc) is 3.19. The standard InChI is InChI=1S/C20H38N6.HI/c1-5-22-20(23-11-8-9-13-24(6-2)7-3)25-14-10-18(4)19(16-25)26-15-12-21-17-26;/h12,15,17-19H,5-11,13-14,16H2,1-4H3,(H,22,23);1H. The molecule has 6 nitrogen and oxygen atoms in total. The Kier molecular flexibility index (Phi) is 12.0. The van der Waals surface area contributed by atoms with E-state index in [1.807, 2.05) is 12.5 Å². The lowest BCUT2D eigenvalue weighted by atomic mass is 9.93. The highest BCUT2D eigenvalue weighted by atomic mass is 127. The van der Waals surface area contributed by atoms with Crippen LogP contribution in [0.1, 0.15) is 53.0 Å². The number of unbranched alkanes of at least 4 members (excludes halogenated alkanes) is 1. The van der Waals surface area contributed by atoms with Crippen molar-refractivity contribution in [2.75, 3.05) is 45.8 Å². The summed E-state index contributed by atoms with van der Waals surface area (Å²) >= 11 is 0. The number of aromatic nitrogens is 2. The fourth-order valence-corrected chi connectivity index (χ4v) is 3.69. The highest BCUT2D eigenvalue weighted by molar-refractivity contribution is 14.0. The molecule has 1 saturated heterocycles. The van der Waals surface area contributed by atoms with E-state index in [2.05, 4.69) is 58.6 Å². The maximum absolute atomic E-state index is 4.91. The number of piperidine rings is 1. The third-order valence-corrected chi connectivity index (χ3v) is 5.50. The van der Waals surface area contributed by atoms with Crippen LogP contribution >= 0.6 is 24.0 Å².